The lowest BCUT2D eigenvalue weighted by Crippen LogP contribution is -2.64. The zero-order valence-corrected chi connectivity index (χ0v) is 19.3. The minimum Gasteiger partial charge on any atom is -0.543 e. The van der Waals surface area contributed by atoms with Crippen molar-refractivity contribution in [3.63, 3.8) is 0 Å². The van der Waals surface area contributed by atoms with Crippen LogP contribution in [0.3, 0.4) is 0 Å². The average molecular weight is 462 g/mol. The number of rotatable bonds is 7. The summed E-state index contributed by atoms with van der Waals surface area (Å²) in [6, 6.07) is 11.7. The number of carbonyl (C=O) groups excluding carboxylic acids is 2. The third-order valence-electron chi connectivity index (χ3n) is 6.97. The highest BCUT2D eigenvalue weighted by Crippen LogP contribution is 2.46. The highest BCUT2D eigenvalue weighted by molar-refractivity contribution is 5.99. The topological polar surface area (TPSA) is 98.7 Å². The number of imidazole rings is 1. The van der Waals surface area contributed by atoms with Gasteiger partial charge in [-0.1, -0.05) is 25.1 Å². The Morgan fingerprint density at radius 1 is 1.24 bits per heavy atom. The maximum Gasteiger partial charge on any atom is 0.243 e. The summed E-state index contributed by atoms with van der Waals surface area (Å²) >= 11 is 0. The minimum atomic E-state index is -1.40. The van der Waals surface area contributed by atoms with E-state index in [2.05, 4.69) is 16.7 Å². The number of benzene rings is 2. The summed E-state index contributed by atoms with van der Waals surface area (Å²) in [5.74, 6) is -2.01. The fraction of sp³-hybridized carbons (Fsp3) is 0.346. The number of β-lactam (4-membered cyclic amide) rings is 1. The molecule has 1 N–H and O–H groups in total. The third kappa shape index (κ3) is 3.64. The fourth-order valence-electron chi connectivity index (χ4n) is 5.25. The van der Waals surface area contributed by atoms with E-state index in [0.29, 0.717) is 11.3 Å². The molecule has 8 nitrogen and oxygen atoms in total. The first-order valence-corrected chi connectivity index (χ1v) is 11.4. The quantitative estimate of drug-likeness (QED) is 0.414. The number of fused-ring (bicyclic) bond motifs is 2. The monoisotopic (exact) mass is 461 g/mol. The van der Waals surface area contributed by atoms with Crippen molar-refractivity contribution in [3.8, 4) is 5.75 Å². The minimum absolute atomic E-state index is 0.0333. The Morgan fingerprint density at radius 2 is 1.97 bits per heavy atom. The molecule has 0 saturated carbocycles. The van der Waals surface area contributed by atoms with Gasteiger partial charge in [0.25, 0.3) is 0 Å². The Morgan fingerprint density at radius 3 is 2.65 bits per heavy atom. The van der Waals surface area contributed by atoms with Crippen LogP contribution in [0, 0.1) is 11.8 Å². The van der Waals surface area contributed by atoms with Crippen molar-refractivity contribution in [3.05, 3.63) is 72.0 Å². The first-order valence-electron chi connectivity index (χ1n) is 11.4. The molecule has 34 heavy (non-hydrogen) atoms. The molecule has 0 bridgehead atoms. The van der Waals surface area contributed by atoms with Crippen LogP contribution in [0.2, 0.25) is 0 Å². The van der Waals surface area contributed by atoms with Gasteiger partial charge in [-0.25, -0.2) is 9.13 Å². The maximum absolute atomic E-state index is 12.5. The lowest BCUT2D eigenvalue weighted by Gasteiger charge is -2.47. The number of amides is 1. The van der Waals surface area contributed by atoms with Crippen LogP contribution in [0.4, 0.5) is 0 Å². The molecule has 5 rings (SSSR count). The second-order valence-corrected chi connectivity index (χ2v) is 9.30. The molecule has 176 valence electrons. The summed E-state index contributed by atoms with van der Waals surface area (Å²) in [7, 11) is 1.99. The molecule has 1 saturated heterocycles. The number of hydrogen-bond acceptors (Lipinski definition) is 5. The number of aryl methyl sites for hydroxylation is 1. The number of aliphatic hydroxyl groups is 1. The van der Waals surface area contributed by atoms with Crippen LogP contribution in [-0.2, 0) is 23.2 Å². The van der Waals surface area contributed by atoms with Gasteiger partial charge < -0.3 is 24.6 Å². The van der Waals surface area contributed by atoms with E-state index in [1.54, 1.807) is 6.92 Å². The summed E-state index contributed by atoms with van der Waals surface area (Å²) in [6.07, 6.45) is 5.21. The molecule has 2 aliphatic heterocycles. The third-order valence-corrected chi connectivity index (χ3v) is 6.97. The smallest absolute Gasteiger partial charge is 0.243 e. The molecule has 0 unspecified atom stereocenters. The standard InChI is InChI=1S/C26H27N3O5/c1-15-21(24(26(32)33)29-23(15)22(16(2)30)25(29)31)13-34-20-7-6-18-10-17(4-5-19(18)11-20)12-28-9-8-27(3)14-28/h4-11,14-16,22-23,30H,12-13H2,1-3H3/t15-,16+,22+,23+/m0/s1. The summed E-state index contributed by atoms with van der Waals surface area (Å²) in [5.41, 5.74) is 1.57. The van der Waals surface area contributed by atoms with Gasteiger partial charge in [0.2, 0.25) is 12.2 Å². The molecular formula is C26H27N3O5. The Labute approximate surface area is 197 Å². The molecule has 1 amide bonds. The van der Waals surface area contributed by atoms with Crippen molar-refractivity contribution >= 4 is 22.6 Å². The molecule has 2 aliphatic rings. The number of aliphatic carboxylic acids is 1. The molecule has 1 aromatic heterocycles. The number of carboxylic acid groups (broad SMARTS) is 1. The Hall–Kier alpha value is -3.65. The van der Waals surface area contributed by atoms with Crippen molar-refractivity contribution in [2.45, 2.75) is 32.5 Å². The predicted octanol–water partition coefficient (Wildman–Crippen LogP) is 0.754. The molecule has 0 radical (unpaired) electrons. The predicted molar refractivity (Wildman–Crippen MR) is 121 cm³/mol. The second-order valence-electron chi connectivity index (χ2n) is 9.30. The van der Waals surface area contributed by atoms with Gasteiger partial charge in [0.15, 0.2) is 0 Å². The molecule has 0 spiro atoms. The van der Waals surface area contributed by atoms with Crippen LogP contribution in [0.25, 0.3) is 10.8 Å². The first kappa shape index (κ1) is 22.2. The molecule has 0 aliphatic carbocycles. The van der Waals surface area contributed by atoms with Crippen molar-refractivity contribution in [1.82, 2.24) is 9.47 Å². The van der Waals surface area contributed by atoms with Gasteiger partial charge in [0.1, 0.15) is 31.3 Å². The molecule has 8 heteroatoms. The number of nitrogens with zero attached hydrogens (tertiary/aromatic N) is 3. The molecule has 3 heterocycles. The van der Waals surface area contributed by atoms with Crippen molar-refractivity contribution < 1.29 is 29.1 Å². The molecule has 2 aromatic carbocycles. The second kappa shape index (κ2) is 8.29. The molecule has 3 aromatic rings. The molecular weight excluding hydrogens is 434 g/mol. The van der Waals surface area contributed by atoms with Gasteiger partial charge in [-0.15, -0.1) is 0 Å². The van der Waals surface area contributed by atoms with E-state index in [4.69, 9.17) is 4.74 Å². The van der Waals surface area contributed by atoms with Gasteiger partial charge in [-0.3, -0.25) is 4.79 Å². The molecule has 4 atom stereocenters. The first-order chi connectivity index (χ1) is 16.2. The zero-order chi connectivity index (χ0) is 24.1. The van der Waals surface area contributed by atoms with Crippen molar-refractivity contribution in [2.75, 3.05) is 6.61 Å². The normalized spacial score (nSPS) is 22.6. The van der Waals surface area contributed by atoms with Gasteiger partial charge in [0.05, 0.1) is 36.8 Å². The van der Waals surface area contributed by atoms with Crippen LogP contribution in [0.5, 0.6) is 5.75 Å². The van der Waals surface area contributed by atoms with E-state index in [0.717, 1.165) is 17.3 Å². The van der Waals surface area contributed by atoms with Crippen molar-refractivity contribution in [2.24, 2.45) is 18.9 Å². The van der Waals surface area contributed by atoms with E-state index >= 15 is 0 Å². The van der Waals surface area contributed by atoms with E-state index < -0.39 is 18.0 Å². The van der Waals surface area contributed by atoms with Crippen molar-refractivity contribution in [1.29, 1.82) is 0 Å². The number of carbonyl (C=O) groups is 2. The Bertz CT molecular complexity index is 1320. The van der Waals surface area contributed by atoms with Crippen LogP contribution < -0.4 is 14.4 Å². The Balaban J connectivity index is 1.34. The Kier molecular flexibility index (Phi) is 5.40. The number of carboxylic acids is 1. The number of hydrogen-bond donors (Lipinski definition) is 1. The van der Waals surface area contributed by atoms with Crippen LogP contribution in [-0.4, -0.2) is 45.2 Å². The SMILES string of the molecule is C[C@@H](O)[C@H]1C(=O)N2C(C(=O)[O-])=C(COc3ccc4cc(Cn5cc[n+](C)c5)ccc4c3)[C@H](C)[C@H]12. The number of ether oxygens (including phenoxy) is 1. The number of aliphatic hydroxyl groups excluding tert-OH is 1. The van der Waals surface area contributed by atoms with Crippen LogP contribution >= 0.6 is 0 Å². The highest BCUT2D eigenvalue weighted by Gasteiger charge is 2.58. The van der Waals surface area contributed by atoms with Gasteiger partial charge in [-0.05, 0) is 47.0 Å². The number of aromatic nitrogens is 2. The van der Waals surface area contributed by atoms with Gasteiger partial charge in [0, 0.05) is 5.92 Å². The largest absolute Gasteiger partial charge is 0.543 e. The lowest BCUT2D eigenvalue weighted by molar-refractivity contribution is -0.671. The summed E-state index contributed by atoms with van der Waals surface area (Å²) < 4.78 is 10.1. The van der Waals surface area contributed by atoms with E-state index in [1.807, 2.05) is 61.5 Å². The van der Waals surface area contributed by atoms with E-state index in [1.165, 1.54) is 10.5 Å². The average Bonchev–Trinajstić information content (AvgIpc) is 3.30. The molecule has 1 fully saturated rings. The van der Waals surface area contributed by atoms with E-state index in [9.17, 15) is 19.8 Å². The zero-order valence-electron chi connectivity index (χ0n) is 19.3. The summed E-state index contributed by atoms with van der Waals surface area (Å²) in [5, 5.41) is 23.9. The van der Waals surface area contributed by atoms with E-state index in [-0.39, 0.29) is 30.2 Å². The van der Waals surface area contributed by atoms with Crippen LogP contribution in [0.1, 0.15) is 19.4 Å². The maximum atomic E-state index is 12.5. The van der Waals surface area contributed by atoms with Gasteiger partial charge >= 0.3 is 0 Å². The summed E-state index contributed by atoms with van der Waals surface area (Å²) in [4.78, 5) is 25.5. The van der Waals surface area contributed by atoms with Crippen LogP contribution in [0.15, 0.2) is 66.4 Å². The fourth-order valence-corrected chi connectivity index (χ4v) is 5.25. The summed E-state index contributed by atoms with van der Waals surface area (Å²) in [6.45, 7) is 4.22. The van der Waals surface area contributed by atoms with Gasteiger partial charge in [-0.2, -0.15) is 0 Å². The highest BCUT2D eigenvalue weighted by atomic mass is 16.5. The lowest BCUT2D eigenvalue weighted by atomic mass is 9.78.